The van der Waals surface area contributed by atoms with Crippen LogP contribution in [0.5, 0.6) is 0 Å². The zero-order valence-electron chi connectivity index (χ0n) is 10.3. The Morgan fingerprint density at radius 2 is 2.18 bits per heavy atom. The van der Waals surface area contributed by atoms with Gasteiger partial charge in [-0.15, -0.1) is 0 Å². The number of halogens is 1. The molecule has 0 bridgehead atoms. The van der Waals surface area contributed by atoms with Crippen LogP contribution in [0.2, 0.25) is 5.15 Å². The maximum absolute atomic E-state index is 8.82. The van der Waals surface area contributed by atoms with E-state index in [0.717, 1.165) is 24.4 Å². The van der Waals surface area contributed by atoms with Crippen molar-refractivity contribution in [3.05, 3.63) is 10.0 Å². The molecule has 0 saturated heterocycles. The number of nitrogens with one attached hydrogen (secondary N) is 1. The number of unbranched alkanes of at least 4 members (excludes halogenated alkanes) is 1. The van der Waals surface area contributed by atoms with Gasteiger partial charge in [0.05, 0.1) is 0 Å². The number of hydrogen-bond donors (Lipinski definition) is 1. The van der Waals surface area contributed by atoms with E-state index in [2.05, 4.69) is 24.1 Å². The second-order valence-electron chi connectivity index (χ2n) is 4.02. The van der Waals surface area contributed by atoms with Gasteiger partial charge in [0.1, 0.15) is 10.9 Å². The predicted molar refractivity (Wildman–Crippen MR) is 73.7 cm³/mol. The van der Waals surface area contributed by atoms with Gasteiger partial charge in [0, 0.05) is 6.04 Å². The first kappa shape index (κ1) is 14.3. The Labute approximate surface area is 112 Å². The first-order chi connectivity index (χ1) is 8.21. The molecule has 0 aliphatic rings. The number of hydrogen-bond acceptors (Lipinski definition) is 4. The lowest BCUT2D eigenvalue weighted by atomic mass is 10.1. The Balaban J connectivity index is 2.61. The average Bonchev–Trinajstić information content (AvgIpc) is 2.66. The molecule has 1 aromatic heterocycles. The number of nitriles is 1. The average molecular weight is 272 g/mol. The normalized spacial score (nSPS) is 12.1. The minimum Gasteiger partial charge on any atom is -0.359 e. The summed E-state index contributed by atoms with van der Waals surface area (Å²) in [7, 11) is 0. The van der Waals surface area contributed by atoms with Gasteiger partial charge in [-0.3, -0.25) is 0 Å². The predicted octanol–water partition coefficient (Wildman–Crippen LogP) is 4.44. The van der Waals surface area contributed by atoms with Gasteiger partial charge in [0.25, 0.3) is 0 Å². The van der Waals surface area contributed by atoms with E-state index >= 15 is 0 Å². The molecular weight excluding hydrogens is 254 g/mol. The van der Waals surface area contributed by atoms with Gasteiger partial charge >= 0.3 is 0 Å². The van der Waals surface area contributed by atoms with Crippen LogP contribution in [-0.4, -0.2) is 11.0 Å². The van der Waals surface area contributed by atoms with Crippen LogP contribution in [0, 0.1) is 11.3 Å². The van der Waals surface area contributed by atoms with Gasteiger partial charge in [0.15, 0.2) is 10.3 Å². The SMILES string of the molecule is CCCCC(CCC)Nc1nc(Cl)c(C#N)s1. The molecular formula is C12H18ClN3S. The molecule has 1 atom stereocenters. The van der Waals surface area contributed by atoms with Crippen LogP contribution in [0.15, 0.2) is 0 Å². The fourth-order valence-corrected chi connectivity index (χ4v) is 2.72. The van der Waals surface area contributed by atoms with Gasteiger partial charge < -0.3 is 5.32 Å². The molecule has 0 spiro atoms. The second-order valence-corrected chi connectivity index (χ2v) is 5.38. The van der Waals surface area contributed by atoms with Crippen molar-refractivity contribution in [1.82, 2.24) is 4.98 Å². The quantitative estimate of drug-likeness (QED) is 0.798. The second kappa shape index (κ2) is 7.52. The molecule has 1 rings (SSSR count). The van der Waals surface area contributed by atoms with Crippen molar-refractivity contribution in [3.63, 3.8) is 0 Å². The maximum Gasteiger partial charge on any atom is 0.185 e. The number of thiazole rings is 1. The first-order valence-corrected chi connectivity index (χ1v) is 7.23. The molecule has 0 aliphatic carbocycles. The first-order valence-electron chi connectivity index (χ1n) is 6.04. The van der Waals surface area contributed by atoms with Crippen LogP contribution in [0.1, 0.15) is 50.8 Å². The van der Waals surface area contributed by atoms with Crippen LogP contribution < -0.4 is 5.32 Å². The summed E-state index contributed by atoms with van der Waals surface area (Å²) in [4.78, 5) is 4.65. The maximum atomic E-state index is 8.82. The largest absolute Gasteiger partial charge is 0.359 e. The van der Waals surface area contributed by atoms with Gasteiger partial charge in [0.2, 0.25) is 0 Å². The molecule has 0 radical (unpaired) electrons. The van der Waals surface area contributed by atoms with Gasteiger partial charge in [-0.05, 0) is 12.8 Å². The highest BCUT2D eigenvalue weighted by molar-refractivity contribution is 7.16. The smallest absolute Gasteiger partial charge is 0.185 e. The Bertz CT molecular complexity index is 384. The van der Waals surface area contributed by atoms with Crippen molar-refractivity contribution in [2.45, 2.75) is 52.0 Å². The molecule has 1 heterocycles. The zero-order valence-corrected chi connectivity index (χ0v) is 11.9. The van der Waals surface area contributed by atoms with E-state index < -0.39 is 0 Å². The minimum absolute atomic E-state index is 0.311. The summed E-state index contributed by atoms with van der Waals surface area (Å²) in [6, 6.07) is 2.49. The van der Waals surface area contributed by atoms with Gasteiger partial charge in [-0.25, -0.2) is 4.98 Å². The fourth-order valence-electron chi connectivity index (χ4n) is 1.69. The third-order valence-corrected chi connectivity index (χ3v) is 3.84. The minimum atomic E-state index is 0.311. The van der Waals surface area contributed by atoms with Gasteiger partial charge in [-0.2, -0.15) is 5.26 Å². The number of aromatic nitrogens is 1. The zero-order chi connectivity index (χ0) is 12.7. The summed E-state index contributed by atoms with van der Waals surface area (Å²) < 4.78 is 0. The molecule has 0 aliphatic heterocycles. The van der Waals surface area contributed by atoms with Crippen LogP contribution >= 0.6 is 22.9 Å². The van der Waals surface area contributed by atoms with Crippen LogP contribution in [0.25, 0.3) is 0 Å². The lowest BCUT2D eigenvalue weighted by molar-refractivity contribution is 0.564. The van der Waals surface area contributed by atoms with E-state index in [4.69, 9.17) is 16.9 Å². The third kappa shape index (κ3) is 4.53. The molecule has 1 N–H and O–H groups in total. The van der Waals surface area contributed by atoms with E-state index in [1.165, 1.54) is 24.2 Å². The summed E-state index contributed by atoms with van der Waals surface area (Å²) in [5.74, 6) is 0. The summed E-state index contributed by atoms with van der Waals surface area (Å²) in [6.07, 6.45) is 5.82. The van der Waals surface area contributed by atoms with E-state index in [-0.39, 0.29) is 0 Å². The summed E-state index contributed by atoms with van der Waals surface area (Å²) in [5, 5.41) is 13.3. The molecule has 17 heavy (non-hydrogen) atoms. The number of nitrogens with zero attached hydrogens (tertiary/aromatic N) is 2. The van der Waals surface area contributed by atoms with Gasteiger partial charge in [-0.1, -0.05) is 56.0 Å². The standard InChI is InChI=1S/C12H18ClN3S/c1-3-5-7-9(6-4-2)15-12-16-11(13)10(8-14)17-12/h9H,3-7H2,1-2H3,(H,15,16). The van der Waals surface area contributed by atoms with Crippen molar-refractivity contribution >= 4 is 28.1 Å². The van der Waals surface area contributed by atoms with Crippen molar-refractivity contribution < 1.29 is 0 Å². The van der Waals surface area contributed by atoms with Crippen molar-refractivity contribution in [2.75, 3.05) is 5.32 Å². The molecule has 0 aromatic carbocycles. The Hall–Kier alpha value is -0.790. The van der Waals surface area contributed by atoms with Crippen LogP contribution in [-0.2, 0) is 0 Å². The Morgan fingerprint density at radius 1 is 1.41 bits per heavy atom. The Morgan fingerprint density at radius 3 is 2.71 bits per heavy atom. The summed E-state index contributed by atoms with van der Waals surface area (Å²) in [5.41, 5.74) is 0. The lowest BCUT2D eigenvalue weighted by Gasteiger charge is -2.16. The van der Waals surface area contributed by atoms with Crippen molar-refractivity contribution in [2.24, 2.45) is 0 Å². The molecule has 1 aromatic rings. The van der Waals surface area contributed by atoms with Crippen LogP contribution in [0.4, 0.5) is 5.13 Å². The number of anilines is 1. The highest BCUT2D eigenvalue weighted by Gasteiger charge is 2.12. The molecule has 94 valence electrons. The highest BCUT2D eigenvalue weighted by Crippen LogP contribution is 2.27. The summed E-state index contributed by atoms with van der Waals surface area (Å²) in [6.45, 7) is 4.37. The van der Waals surface area contributed by atoms with E-state index in [9.17, 15) is 0 Å². The monoisotopic (exact) mass is 271 g/mol. The lowest BCUT2D eigenvalue weighted by Crippen LogP contribution is -2.18. The highest BCUT2D eigenvalue weighted by atomic mass is 35.5. The molecule has 0 saturated carbocycles. The number of rotatable bonds is 7. The third-order valence-electron chi connectivity index (χ3n) is 2.56. The fraction of sp³-hybridized carbons (Fsp3) is 0.667. The van der Waals surface area contributed by atoms with E-state index in [0.29, 0.717) is 16.1 Å². The topological polar surface area (TPSA) is 48.7 Å². The summed E-state index contributed by atoms with van der Waals surface area (Å²) >= 11 is 7.18. The molecule has 1 unspecified atom stereocenters. The van der Waals surface area contributed by atoms with E-state index in [1.54, 1.807) is 0 Å². The van der Waals surface area contributed by atoms with Crippen molar-refractivity contribution in [1.29, 1.82) is 5.26 Å². The molecule has 0 amide bonds. The van der Waals surface area contributed by atoms with Crippen LogP contribution in [0.3, 0.4) is 0 Å². The molecule has 5 heteroatoms. The molecule has 0 fully saturated rings. The Kier molecular flexibility index (Phi) is 6.31. The van der Waals surface area contributed by atoms with Crippen molar-refractivity contribution in [3.8, 4) is 6.07 Å². The van der Waals surface area contributed by atoms with E-state index in [1.807, 2.05) is 6.07 Å². The molecule has 3 nitrogen and oxygen atoms in total.